The van der Waals surface area contributed by atoms with Gasteiger partial charge in [0.25, 0.3) is 0 Å². The van der Waals surface area contributed by atoms with Gasteiger partial charge in [-0.15, -0.1) is 0 Å². The van der Waals surface area contributed by atoms with E-state index in [-0.39, 0.29) is 12.6 Å². The van der Waals surface area contributed by atoms with Gasteiger partial charge in [0.2, 0.25) is 0 Å². The van der Waals surface area contributed by atoms with Gasteiger partial charge in [0.1, 0.15) is 0 Å². The number of urea groups is 1. The summed E-state index contributed by atoms with van der Waals surface area (Å²) in [6.07, 6.45) is 0.959. The molecule has 1 unspecified atom stereocenters. The van der Waals surface area contributed by atoms with Gasteiger partial charge in [-0.2, -0.15) is 0 Å². The molecule has 0 spiro atoms. The Kier molecular flexibility index (Phi) is 7.53. The van der Waals surface area contributed by atoms with Crippen LogP contribution < -0.4 is 5.32 Å². The van der Waals surface area contributed by atoms with Crippen molar-refractivity contribution in [2.75, 3.05) is 33.8 Å². The van der Waals surface area contributed by atoms with Gasteiger partial charge in [-0.25, -0.2) is 9.59 Å². The number of nitrogens with zero attached hydrogens (tertiary/aromatic N) is 2. The lowest BCUT2D eigenvalue weighted by molar-refractivity contribution is -0.139. The van der Waals surface area contributed by atoms with Crippen LogP contribution in [-0.4, -0.2) is 55.6 Å². The smallest absolute Gasteiger partial charge is 0.338 e. The predicted molar refractivity (Wildman–Crippen MR) is 107 cm³/mol. The molecule has 27 heavy (non-hydrogen) atoms. The van der Waals surface area contributed by atoms with Gasteiger partial charge < -0.3 is 15.0 Å². The number of carbonyl (C=O) groups excluding carboxylic acids is 2. The molecule has 0 fully saturated rings. The molecule has 8 heteroatoms. The SMILES string of the molecule is CCCN(C)CC1=C(C(=O)OCC)C(c2ccc(Cl)cc2Cl)NC(=O)N1C. The largest absolute Gasteiger partial charge is 0.463 e. The van der Waals surface area contributed by atoms with Gasteiger partial charge in [0.05, 0.1) is 18.2 Å². The zero-order valence-corrected chi connectivity index (χ0v) is 17.5. The van der Waals surface area contributed by atoms with Crippen molar-refractivity contribution in [2.24, 2.45) is 0 Å². The van der Waals surface area contributed by atoms with Crippen molar-refractivity contribution >= 4 is 35.2 Å². The number of benzene rings is 1. The van der Waals surface area contributed by atoms with E-state index in [1.165, 1.54) is 4.90 Å². The highest BCUT2D eigenvalue weighted by Crippen LogP contribution is 2.35. The van der Waals surface area contributed by atoms with E-state index >= 15 is 0 Å². The fourth-order valence-electron chi connectivity index (χ4n) is 3.08. The topological polar surface area (TPSA) is 61.9 Å². The number of amides is 2. The molecule has 1 N–H and O–H groups in total. The van der Waals surface area contributed by atoms with Crippen LogP contribution in [0.15, 0.2) is 29.5 Å². The van der Waals surface area contributed by atoms with E-state index in [1.807, 2.05) is 7.05 Å². The lowest BCUT2D eigenvalue weighted by Gasteiger charge is -2.36. The minimum Gasteiger partial charge on any atom is -0.463 e. The van der Waals surface area contributed by atoms with E-state index in [2.05, 4.69) is 17.1 Å². The van der Waals surface area contributed by atoms with E-state index < -0.39 is 12.0 Å². The van der Waals surface area contributed by atoms with Gasteiger partial charge >= 0.3 is 12.0 Å². The fourth-order valence-corrected chi connectivity index (χ4v) is 3.60. The molecule has 1 aliphatic rings. The molecule has 1 aliphatic heterocycles. The maximum atomic E-state index is 12.8. The number of likely N-dealkylation sites (N-methyl/N-ethyl adjacent to an activating group) is 2. The molecule has 148 valence electrons. The van der Waals surface area contributed by atoms with Crippen molar-refractivity contribution in [3.8, 4) is 0 Å². The number of hydrogen-bond donors (Lipinski definition) is 1. The first-order valence-electron chi connectivity index (χ1n) is 8.87. The van der Waals surface area contributed by atoms with Crippen LogP contribution in [-0.2, 0) is 9.53 Å². The van der Waals surface area contributed by atoms with Crippen molar-refractivity contribution < 1.29 is 14.3 Å². The summed E-state index contributed by atoms with van der Waals surface area (Å²) < 4.78 is 5.29. The zero-order chi connectivity index (χ0) is 20.1. The summed E-state index contributed by atoms with van der Waals surface area (Å²) in [4.78, 5) is 28.9. The minimum absolute atomic E-state index is 0.235. The number of ether oxygens (including phenoxy) is 1. The molecule has 2 rings (SSSR count). The average Bonchev–Trinajstić information content (AvgIpc) is 2.59. The Morgan fingerprint density at radius 3 is 2.63 bits per heavy atom. The third-order valence-electron chi connectivity index (χ3n) is 4.37. The Hall–Kier alpha value is -1.76. The fraction of sp³-hybridized carbons (Fsp3) is 0.474. The van der Waals surface area contributed by atoms with E-state index in [9.17, 15) is 9.59 Å². The van der Waals surface area contributed by atoms with Crippen LogP contribution in [0.2, 0.25) is 10.0 Å². The van der Waals surface area contributed by atoms with Crippen molar-refractivity contribution in [1.29, 1.82) is 0 Å². The van der Waals surface area contributed by atoms with Crippen LogP contribution in [0.4, 0.5) is 4.79 Å². The molecule has 1 atom stereocenters. The Labute approximate surface area is 170 Å². The van der Waals surface area contributed by atoms with E-state index in [4.69, 9.17) is 27.9 Å². The highest BCUT2D eigenvalue weighted by Gasteiger charge is 2.37. The molecular formula is C19H25Cl2N3O3. The Morgan fingerprint density at radius 2 is 2.04 bits per heavy atom. The third kappa shape index (κ3) is 4.94. The second-order valence-corrected chi connectivity index (χ2v) is 7.27. The summed E-state index contributed by atoms with van der Waals surface area (Å²) in [5.41, 5.74) is 1.58. The first-order valence-corrected chi connectivity index (χ1v) is 9.63. The highest BCUT2D eigenvalue weighted by molar-refractivity contribution is 6.35. The molecule has 0 saturated carbocycles. The van der Waals surface area contributed by atoms with Crippen LogP contribution in [0.1, 0.15) is 31.9 Å². The molecule has 0 aliphatic carbocycles. The van der Waals surface area contributed by atoms with Crippen LogP contribution in [0.25, 0.3) is 0 Å². The molecule has 1 aromatic rings. The average molecular weight is 414 g/mol. The van der Waals surface area contributed by atoms with Crippen molar-refractivity contribution in [3.05, 3.63) is 45.1 Å². The number of halogens is 2. The van der Waals surface area contributed by atoms with Crippen LogP contribution >= 0.6 is 23.2 Å². The maximum Gasteiger partial charge on any atom is 0.338 e. The quantitative estimate of drug-likeness (QED) is 0.689. The van der Waals surface area contributed by atoms with E-state index in [0.717, 1.165) is 13.0 Å². The molecule has 0 saturated heterocycles. The summed E-state index contributed by atoms with van der Waals surface area (Å²) >= 11 is 12.4. The lowest BCUT2D eigenvalue weighted by Crippen LogP contribution is -2.49. The minimum atomic E-state index is -0.706. The van der Waals surface area contributed by atoms with Gasteiger partial charge in [0, 0.05) is 29.3 Å². The third-order valence-corrected chi connectivity index (χ3v) is 4.93. The highest BCUT2D eigenvalue weighted by atomic mass is 35.5. The zero-order valence-electron chi connectivity index (χ0n) is 16.0. The molecule has 1 aromatic carbocycles. The Morgan fingerprint density at radius 1 is 1.33 bits per heavy atom. The summed E-state index contributed by atoms with van der Waals surface area (Å²) in [6, 6.07) is 3.97. The number of hydrogen-bond acceptors (Lipinski definition) is 4. The molecule has 0 aromatic heterocycles. The number of esters is 1. The number of rotatable bonds is 7. The summed E-state index contributed by atoms with van der Waals surface area (Å²) in [6.45, 7) is 5.33. The summed E-state index contributed by atoms with van der Waals surface area (Å²) in [7, 11) is 3.59. The first kappa shape index (κ1) is 21.5. The summed E-state index contributed by atoms with van der Waals surface area (Å²) in [5, 5.41) is 3.70. The maximum absolute atomic E-state index is 12.8. The monoisotopic (exact) mass is 413 g/mol. The lowest BCUT2D eigenvalue weighted by atomic mass is 9.94. The Bertz CT molecular complexity index is 752. The van der Waals surface area contributed by atoms with Gasteiger partial charge in [-0.3, -0.25) is 4.90 Å². The normalized spacial score (nSPS) is 17.4. The first-order chi connectivity index (χ1) is 12.8. The molecule has 0 radical (unpaired) electrons. The van der Waals surface area contributed by atoms with Crippen LogP contribution in [0.3, 0.4) is 0 Å². The second kappa shape index (κ2) is 9.44. The molecule has 1 heterocycles. The van der Waals surface area contributed by atoms with Crippen LogP contribution in [0.5, 0.6) is 0 Å². The Balaban J connectivity index is 2.59. The van der Waals surface area contributed by atoms with E-state index in [0.29, 0.717) is 33.4 Å². The number of nitrogens with one attached hydrogen (secondary N) is 1. The van der Waals surface area contributed by atoms with Crippen molar-refractivity contribution in [1.82, 2.24) is 15.1 Å². The van der Waals surface area contributed by atoms with Crippen molar-refractivity contribution in [3.63, 3.8) is 0 Å². The van der Waals surface area contributed by atoms with Crippen molar-refractivity contribution in [2.45, 2.75) is 26.3 Å². The van der Waals surface area contributed by atoms with Gasteiger partial charge in [0.15, 0.2) is 0 Å². The molecule has 6 nitrogen and oxygen atoms in total. The standard InChI is InChI=1S/C19H25Cl2N3O3/c1-5-9-23(3)11-15-16(18(25)27-6-2)17(22-19(26)24(15)4)13-8-7-12(20)10-14(13)21/h7-8,10,17H,5-6,9,11H2,1-4H3,(H,22,26). The van der Waals surface area contributed by atoms with E-state index in [1.54, 1.807) is 32.2 Å². The summed E-state index contributed by atoms with van der Waals surface area (Å²) in [5.74, 6) is -0.472. The number of carbonyl (C=O) groups is 2. The van der Waals surface area contributed by atoms with Gasteiger partial charge in [-0.05, 0) is 44.6 Å². The van der Waals surface area contributed by atoms with Crippen LogP contribution in [0, 0.1) is 0 Å². The second-order valence-electron chi connectivity index (χ2n) is 6.43. The molecule has 0 bridgehead atoms. The molecular weight excluding hydrogens is 389 g/mol. The molecule has 2 amide bonds. The predicted octanol–water partition coefficient (Wildman–Crippen LogP) is 3.85. The van der Waals surface area contributed by atoms with Gasteiger partial charge in [-0.1, -0.05) is 36.2 Å².